The largest absolute Gasteiger partial charge is 0.369 e. The molecule has 5 rings (SSSR count). The smallest absolute Gasteiger partial charge is 0.220 e. The van der Waals surface area contributed by atoms with Crippen LogP contribution in [0.5, 0.6) is 0 Å². The Morgan fingerprint density at radius 2 is 1.81 bits per heavy atom. The molecular formula is C32H56N2O2. The van der Waals surface area contributed by atoms with Crippen molar-refractivity contribution in [2.24, 2.45) is 58.0 Å². The maximum absolute atomic E-state index is 11.8. The molecule has 1 amide bonds. The molecule has 3 N–H and O–H groups in total. The molecule has 0 aromatic rings. The Bertz CT molecular complexity index is 800. The Hall–Kier alpha value is -0.870. The van der Waals surface area contributed by atoms with Crippen molar-refractivity contribution >= 4 is 5.91 Å². The van der Waals surface area contributed by atoms with Crippen molar-refractivity contribution in [2.45, 2.75) is 125 Å². The van der Waals surface area contributed by atoms with Crippen LogP contribution in [0.15, 0.2) is 11.6 Å². The van der Waals surface area contributed by atoms with Gasteiger partial charge in [-0.15, -0.1) is 0 Å². The molecule has 0 aromatic carbocycles. The second kappa shape index (κ2) is 11.1. The topological polar surface area (TPSA) is 66.6 Å². The number of carbonyl (C=O) groups is 1. The van der Waals surface area contributed by atoms with Crippen molar-refractivity contribution in [1.82, 2.24) is 5.06 Å². The Morgan fingerprint density at radius 1 is 1.08 bits per heavy atom. The first-order valence-electron chi connectivity index (χ1n) is 15.4. The van der Waals surface area contributed by atoms with Gasteiger partial charge in [0.2, 0.25) is 5.91 Å². The highest BCUT2D eigenvalue weighted by molar-refractivity contribution is 5.77. The molecule has 206 valence electrons. The quantitative estimate of drug-likeness (QED) is 0.369. The summed E-state index contributed by atoms with van der Waals surface area (Å²) in [4.78, 5) is 11.8. The van der Waals surface area contributed by atoms with Crippen molar-refractivity contribution in [3.63, 3.8) is 0 Å². The minimum Gasteiger partial charge on any atom is -0.369 e. The third-order valence-electron chi connectivity index (χ3n) is 12.0. The van der Waals surface area contributed by atoms with Crippen LogP contribution in [0.2, 0.25) is 0 Å². The summed E-state index contributed by atoms with van der Waals surface area (Å²) >= 11 is 0. The van der Waals surface area contributed by atoms with Gasteiger partial charge in [0.25, 0.3) is 0 Å². The summed E-state index contributed by atoms with van der Waals surface area (Å²) in [5.74, 6) is 5.27. The summed E-state index contributed by atoms with van der Waals surface area (Å²) in [6.07, 6.45) is 18.1. The fourth-order valence-corrected chi connectivity index (χ4v) is 9.43. The van der Waals surface area contributed by atoms with Gasteiger partial charge in [-0.05, 0) is 111 Å². The zero-order valence-electron chi connectivity index (χ0n) is 24.3. The summed E-state index contributed by atoms with van der Waals surface area (Å²) in [5.41, 5.74) is 8.15. The van der Waals surface area contributed by atoms with Crippen LogP contribution >= 0.6 is 0 Å². The number of hydroxylamine groups is 2. The average Bonchev–Trinajstić information content (AvgIpc) is 3.19. The Kier molecular flexibility index (Phi) is 8.67. The molecule has 9 atom stereocenters. The highest BCUT2D eigenvalue weighted by Crippen LogP contribution is 2.67. The van der Waals surface area contributed by atoms with Crippen molar-refractivity contribution in [2.75, 3.05) is 6.54 Å². The van der Waals surface area contributed by atoms with Gasteiger partial charge < -0.3 is 10.9 Å². The zero-order valence-corrected chi connectivity index (χ0v) is 24.3. The van der Waals surface area contributed by atoms with E-state index in [0.29, 0.717) is 16.9 Å². The van der Waals surface area contributed by atoms with E-state index in [2.05, 4.69) is 40.7 Å². The summed E-state index contributed by atoms with van der Waals surface area (Å²) in [6.45, 7) is 15.4. The van der Waals surface area contributed by atoms with E-state index in [0.717, 1.165) is 61.3 Å². The third-order valence-corrected chi connectivity index (χ3v) is 12.0. The average molecular weight is 501 g/mol. The molecule has 0 spiro atoms. The van der Waals surface area contributed by atoms with E-state index in [1.54, 1.807) is 5.57 Å². The SMILES string of the molecule is CC(C)CCC[C@@H](C)[C@H]1CC[C@H]2[C@@H]3CC=C4C[C@@H](C(N)=O)CC[C@]4(C)[C@H]3CC[C@]12C.CC1CCN1O. The molecule has 0 radical (unpaired) electrons. The van der Waals surface area contributed by atoms with Gasteiger partial charge in [0, 0.05) is 18.5 Å². The van der Waals surface area contributed by atoms with Crippen molar-refractivity contribution in [3.8, 4) is 0 Å². The molecule has 1 heterocycles. The Balaban J connectivity index is 0.000000445. The second-order valence-electron chi connectivity index (χ2n) is 14.4. The first-order chi connectivity index (χ1) is 17.0. The predicted octanol–water partition coefficient (Wildman–Crippen LogP) is 7.60. The molecule has 0 aromatic heterocycles. The molecule has 0 bridgehead atoms. The maximum Gasteiger partial charge on any atom is 0.220 e. The highest BCUT2D eigenvalue weighted by atomic mass is 16.5. The molecule has 3 saturated carbocycles. The minimum atomic E-state index is -0.0821. The van der Waals surface area contributed by atoms with Crippen LogP contribution < -0.4 is 5.73 Å². The van der Waals surface area contributed by atoms with Crippen molar-refractivity contribution < 1.29 is 10.0 Å². The molecule has 5 aliphatic rings. The van der Waals surface area contributed by atoms with E-state index in [4.69, 9.17) is 10.9 Å². The molecule has 4 aliphatic carbocycles. The number of nitrogens with zero attached hydrogens (tertiary/aromatic N) is 1. The lowest BCUT2D eigenvalue weighted by molar-refractivity contribution is -0.175. The van der Waals surface area contributed by atoms with E-state index in [1.165, 1.54) is 62.9 Å². The molecule has 1 unspecified atom stereocenters. The van der Waals surface area contributed by atoms with Gasteiger partial charge in [0.15, 0.2) is 0 Å². The lowest BCUT2D eigenvalue weighted by atomic mass is 9.46. The van der Waals surface area contributed by atoms with E-state index in [9.17, 15) is 4.79 Å². The predicted molar refractivity (Wildman–Crippen MR) is 148 cm³/mol. The Morgan fingerprint density at radius 3 is 2.39 bits per heavy atom. The van der Waals surface area contributed by atoms with Gasteiger partial charge in [-0.25, -0.2) is 0 Å². The van der Waals surface area contributed by atoms with Gasteiger partial charge in [-0.3, -0.25) is 4.79 Å². The van der Waals surface area contributed by atoms with Gasteiger partial charge in [0.05, 0.1) is 0 Å². The maximum atomic E-state index is 11.8. The monoisotopic (exact) mass is 500 g/mol. The third kappa shape index (κ3) is 5.33. The summed E-state index contributed by atoms with van der Waals surface area (Å²) in [6, 6.07) is 0.421. The molecular weight excluding hydrogens is 444 g/mol. The first kappa shape index (κ1) is 28.1. The van der Waals surface area contributed by atoms with Gasteiger partial charge in [0.1, 0.15) is 0 Å². The molecule has 1 aliphatic heterocycles. The van der Waals surface area contributed by atoms with Crippen molar-refractivity contribution in [1.29, 1.82) is 0 Å². The molecule has 4 fully saturated rings. The molecule has 1 saturated heterocycles. The van der Waals surface area contributed by atoms with Crippen LogP contribution in [-0.2, 0) is 4.79 Å². The summed E-state index contributed by atoms with van der Waals surface area (Å²) in [7, 11) is 0. The summed E-state index contributed by atoms with van der Waals surface area (Å²) in [5, 5.41) is 9.90. The molecule has 4 heteroatoms. The van der Waals surface area contributed by atoms with Gasteiger partial charge in [-0.2, -0.15) is 5.06 Å². The minimum absolute atomic E-state index is 0.0808. The molecule has 36 heavy (non-hydrogen) atoms. The number of carbonyl (C=O) groups excluding carboxylic acids is 1. The van der Waals surface area contributed by atoms with Crippen LogP contribution in [0.25, 0.3) is 0 Å². The zero-order chi connectivity index (χ0) is 26.3. The first-order valence-corrected chi connectivity index (χ1v) is 15.4. The molecule has 4 nitrogen and oxygen atoms in total. The van der Waals surface area contributed by atoms with Crippen LogP contribution in [-0.4, -0.2) is 28.8 Å². The Labute approximate surface area is 221 Å². The number of hydrogen-bond acceptors (Lipinski definition) is 3. The fraction of sp³-hybridized carbons (Fsp3) is 0.906. The number of fused-ring (bicyclic) bond motifs is 5. The van der Waals surface area contributed by atoms with Gasteiger partial charge in [-0.1, -0.05) is 65.5 Å². The van der Waals surface area contributed by atoms with E-state index in [-0.39, 0.29) is 11.8 Å². The van der Waals surface area contributed by atoms with Crippen LogP contribution in [0.4, 0.5) is 0 Å². The summed E-state index contributed by atoms with van der Waals surface area (Å²) < 4.78 is 0. The number of primary amides is 1. The number of allylic oxidation sites excluding steroid dienone is 2. The number of nitrogens with two attached hydrogens (primary N) is 1. The normalized spacial score (nSPS) is 42.7. The standard InChI is InChI=1S/C28H47NO.C4H9NO/c1-18(2)7-6-8-19(3)23-11-12-24-22-10-9-21-17-20(26(29)30)13-15-27(21,4)25(22)14-16-28(23,24)5;1-4-2-3-5(4)6/h9,18-20,22-25H,6-8,10-17H2,1-5H3,(H2,29,30);4,6H,2-3H2,1H3/t19-,20+,22+,23-,24+,25+,27+,28-;/m1./s1. The number of hydrogen-bond donors (Lipinski definition) is 2. The van der Waals surface area contributed by atoms with E-state index >= 15 is 0 Å². The van der Waals surface area contributed by atoms with Gasteiger partial charge >= 0.3 is 0 Å². The number of rotatable bonds is 6. The lowest BCUT2D eigenvalue weighted by Gasteiger charge is -2.58. The second-order valence-corrected chi connectivity index (χ2v) is 14.4. The van der Waals surface area contributed by atoms with Crippen molar-refractivity contribution in [3.05, 3.63) is 11.6 Å². The van der Waals surface area contributed by atoms with E-state index < -0.39 is 0 Å². The van der Waals surface area contributed by atoms with Crippen LogP contribution in [0.1, 0.15) is 119 Å². The number of amides is 1. The highest BCUT2D eigenvalue weighted by Gasteiger charge is 2.59. The fourth-order valence-electron chi connectivity index (χ4n) is 9.43. The lowest BCUT2D eigenvalue weighted by Crippen LogP contribution is -2.51. The van der Waals surface area contributed by atoms with E-state index in [1.807, 2.05) is 6.92 Å². The van der Waals surface area contributed by atoms with Crippen LogP contribution in [0.3, 0.4) is 0 Å². The van der Waals surface area contributed by atoms with Crippen LogP contribution in [0, 0.1) is 52.3 Å².